The Kier molecular flexibility index (Phi) is 3.90. The summed E-state index contributed by atoms with van der Waals surface area (Å²) in [5.74, 6) is 0. The highest BCUT2D eigenvalue weighted by atomic mass is 14.1. The molecule has 0 spiro atoms. The van der Waals surface area contributed by atoms with Crippen LogP contribution in [0.4, 0.5) is 0 Å². The number of rotatable bonds is 2. The molecule has 2 rings (SSSR count). The molecule has 0 heterocycles. The van der Waals surface area contributed by atoms with Gasteiger partial charge in [0.1, 0.15) is 0 Å². The Labute approximate surface area is 116 Å². The fraction of sp³-hybridized carbons (Fsp3) is 0.263. The normalized spacial score (nSPS) is 12.3. The molecule has 0 heteroatoms. The van der Waals surface area contributed by atoms with Gasteiger partial charge < -0.3 is 0 Å². The minimum absolute atomic E-state index is 1.31. The molecule has 0 fully saturated rings. The van der Waals surface area contributed by atoms with E-state index in [1.165, 1.54) is 39.0 Å². The second kappa shape index (κ2) is 5.44. The van der Waals surface area contributed by atoms with Crippen LogP contribution in [-0.4, -0.2) is 0 Å². The van der Waals surface area contributed by atoms with Gasteiger partial charge in [-0.25, -0.2) is 0 Å². The smallest absolute Gasteiger partial charge is 0.0219 e. The summed E-state index contributed by atoms with van der Waals surface area (Å²) in [6.07, 6.45) is 0. The third kappa shape index (κ3) is 3.14. The van der Waals surface area contributed by atoms with Gasteiger partial charge in [0, 0.05) is 0 Å². The van der Waals surface area contributed by atoms with Crippen molar-refractivity contribution in [2.45, 2.75) is 34.6 Å². The molecule has 0 aromatic heterocycles. The number of aryl methyl sites for hydroxylation is 3. The molecule has 0 saturated heterocycles. The highest BCUT2D eigenvalue weighted by Gasteiger charge is 2.04. The van der Waals surface area contributed by atoms with Gasteiger partial charge in [-0.05, 0) is 56.9 Å². The maximum atomic E-state index is 2.26. The molecule has 0 atom stereocenters. The van der Waals surface area contributed by atoms with Crippen LogP contribution in [0.15, 0.2) is 42.5 Å². The topological polar surface area (TPSA) is 0 Å². The van der Waals surface area contributed by atoms with E-state index in [4.69, 9.17) is 0 Å². The minimum Gasteiger partial charge on any atom is -0.0587 e. The van der Waals surface area contributed by atoms with Crippen LogP contribution in [0.3, 0.4) is 0 Å². The second-order valence-corrected chi connectivity index (χ2v) is 5.49. The van der Waals surface area contributed by atoms with E-state index in [2.05, 4.69) is 77.1 Å². The zero-order valence-corrected chi connectivity index (χ0v) is 12.5. The number of hydrogen-bond acceptors (Lipinski definition) is 0. The summed E-state index contributed by atoms with van der Waals surface area (Å²) >= 11 is 0. The predicted octanol–water partition coefficient (Wildman–Crippen LogP) is 5.56. The van der Waals surface area contributed by atoms with Gasteiger partial charge in [0.25, 0.3) is 0 Å². The van der Waals surface area contributed by atoms with Gasteiger partial charge in [0.15, 0.2) is 0 Å². The van der Waals surface area contributed by atoms with Gasteiger partial charge in [-0.3, -0.25) is 0 Å². The molecule has 0 aliphatic rings. The van der Waals surface area contributed by atoms with Crippen LogP contribution in [0.5, 0.6) is 0 Å². The maximum Gasteiger partial charge on any atom is -0.0219 e. The Morgan fingerprint density at radius 3 is 1.58 bits per heavy atom. The summed E-state index contributed by atoms with van der Waals surface area (Å²) in [6.45, 7) is 10.9. The van der Waals surface area contributed by atoms with Crippen LogP contribution in [-0.2, 0) is 0 Å². The van der Waals surface area contributed by atoms with Crippen molar-refractivity contribution in [2.75, 3.05) is 0 Å². The summed E-state index contributed by atoms with van der Waals surface area (Å²) in [4.78, 5) is 0. The van der Waals surface area contributed by atoms with E-state index in [-0.39, 0.29) is 0 Å². The lowest BCUT2D eigenvalue weighted by Gasteiger charge is -2.11. The van der Waals surface area contributed by atoms with Gasteiger partial charge in [-0.15, -0.1) is 0 Å². The van der Waals surface area contributed by atoms with Crippen molar-refractivity contribution in [1.82, 2.24) is 0 Å². The van der Waals surface area contributed by atoms with Crippen molar-refractivity contribution in [1.29, 1.82) is 0 Å². The van der Waals surface area contributed by atoms with E-state index < -0.39 is 0 Å². The standard InChI is InChI=1S/C19H22/c1-13-6-8-18(9-7-13)16(4)17(5)19-11-14(2)10-15(3)12-19/h6-12H,1-5H3/b17-16-. The molecule has 0 nitrogen and oxygen atoms in total. The number of hydrogen-bond donors (Lipinski definition) is 0. The molecule has 0 aliphatic carbocycles. The lowest BCUT2D eigenvalue weighted by atomic mass is 9.94. The molecule has 2 aromatic rings. The van der Waals surface area contributed by atoms with E-state index in [0.717, 1.165) is 0 Å². The molecule has 19 heavy (non-hydrogen) atoms. The first kappa shape index (κ1) is 13.6. The van der Waals surface area contributed by atoms with Gasteiger partial charge in [0.05, 0.1) is 0 Å². The molecule has 0 saturated carbocycles. The van der Waals surface area contributed by atoms with Gasteiger partial charge in [-0.2, -0.15) is 0 Å². The third-order valence-electron chi connectivity index (χ3n) is 3.70. The fourth-order valence-corrected chi connectivity index (χ4v) is 2.43. The highest BCUT2D eigenvalue weighted by Crippen LogP contribution is 2.27. The van der Waals surface area contributed by atoms with E-state index in [1.54, 1.807) is 0 Å². The van der Waals surface area contributed by atoms with Crippen molar-refractivity contribution < 1.29 is 0 Å². The van der Waals surface area contributed by atoms with E-state index in [0.29, 0.717) is 0 Å². The Bertz CT molecular complexity index is 593. The van der Waals surface area contributed by atoms with Gasteiger partial charge in [0.2, 0.25) is 0 Å². The Morgan fingerprint density at radius 1 is 0.579 bits per heavy atom. The van der Waals surface area contributed by atoms with E-state index >= 15 is 0 Å². The quantitative estimate of drug-likeness (QED) is 0.612. The van der Waals surface area contributed by atoms with Crippen LogP contribution in [0.1, 0.15) is 41.7 Å². The van der Waals surface area contributed by atoms with Gasteiger partial charge in [-0.1, -0.05) is 59.2 Å². The molecule has 2 aromatic carbocycles. The van der Waals surface area contributed by atoms with Crippen molar-refractivity contribution >= 4 is 11.1 Å². The van der Waals surface area contributed by atoms with Crippen LogP contribution >= 0.6 is 0 Å². The van der Waals surface area contributed by atoms with Crippen molar-refractivity contribution in [3.8, 4) is 0 Å². The van der Waals surface area contributed by atoms with Gasteiger partial charge >= 0.3 is 0 Å². The summed E-state index contributed by atoms with van der Waals surface area (Å²) < 4.78 is 0. The van der Waals surface area contributed by atoms with Crippen molar-refractivity contribution in [3.05, 3.63) is 70.3 Å². The Hall–Kier alpha value is -1.82. The monoisotopic (exact) mass is 250 g/mol. The van der Waals surface area contributed by atoms with Crippen LogP contribution < -0.4 is 0 Å². The van der Waals surface area contributed by atoms with Crippen molar-refractivity contribution in [3.63, 3.8) is 0 Å². The largest absolute Gasteiger partial charge is 0.0587 e. The molecule has 0 radical (unpaired) electrons. The Morgan fingerprint density at radius 2 is 1.05 bits per heavy atom. The zero-order chi connectivity index (χ0) is 14.0. The SMILES string of the molecule is C/C(=C(\C)c1cc(C)cc(C)c1)c1ccc(C)cc1. The molecular weight excluding hydrogens is 228 g/mol. The number of benzene rings is 2. The first-order valence-corrected chi connectivity index (χ1v) is 6.80. The first-order chi connectivity index (χ1) is 8.97. The average Bonchev–Trinajstić information content (AvgIpc) is 2.37. The second-order valence-electron chi connectivity index (χ2n) is 5.49. The predicted molar refractivity (Wildman–Crippen MR) is 85.3 cm³/mol. The van der Waals surface area contributed by atoms with Crippen molar-refractivity contribution in [2.24, 2.45) is 0 Å². The first-order valence-electron chi connectivity index (χ1n) is 6.80. The lowest BCUT2D eigenvalue weighted by Crippen LogP contribution is -1.89. The van der Waals surface area contributed by atoms with Crippen LogP contribution in [0.25, 0.3) is 11.1 Å². The van der Waals surface area contributed by atoms with Crippen LogP contribution in [0, 0.1) is 20.8 Å². The molecule has 0 amide bonds. The fourth-order valence-electron chi connectivity index (χ4n) is 2.43. The molecule has 98 valence electrons. The molecule has 0 unspecified atom stereocenters. The number of allylic oxidation sites excluding steroid dienone is 2. The summed E-state index contributed by atoms with van der Waals surface area (Å²) in [6, 6.07) is 15.5. The lowest BCUT2D eigenvalue weighted by molar-refractivity contribution is 1.36. The molecule has 0 N–H and O–H groups in total. The molecule has 0 aliphatic heterocycles. The minimum atomic E-state index is 1.31. The van der Waals surface area contributed by atoms with E-state index in [9.17, 15) is 0 Å². The highest BCUT2D eigenvalue weighted by molar-refractivity contribution is 5.89. The molecular formula is C19H22. The Balaban J connectivity index is 2.48. The maximum absolute atomic E-state index is 2.26. The molecule has 0 bridgehead atoms. The van der Waals surface area contributed by atoms with Crippen LogP contribution in [0.2, 0.25) is 0 Å². The summed E-state index contributed by atoms with van der Waals surface area (Å²) in [7, 11) is 0. The summed E-state index contributed by atoms with van der Waals surface area (Å²) in [5, 5.41) is 0. The zero-order valence-electron chi connectivity index (χ0n) is 12.5. The van der Waals surface area contributed by atoms with E-state index in [1.807, 2.05) is 0 Å². The summed E-state index contributed by atoms with van der Waals surface area (Å²) in [5.41, 5.74) is 9.30. The average molecular weight is 250 g/mol. The third-order valence-corrected chi connectivity index (χ3v) is 3.70.